The van der Waals surface area contributed by atoms with Gasteiger partial charge in [-0.3, -0.25) is 9.79 Å². The van der Waals surface area contributed by atoms with Crippen molar-refractivity contribution < 1.29 is 9.18 Å². The number of anilines is 1. The molecule has 0 spiro atoms. The van der Waals surface area contributed by atoms with Crippen LogP contribution in [0, 0.1) is 5.82 Å². The van der Waals surface area contributed by atoms with E-state index in [0.29, 0.717) is 18.2 Å². The maximum atomic E-state index is 13.1. The number of nitrogens with one attached hydrogen (secondary N) is 3. The first-order valence-electron chi connectivity index (χ1n) is 7.94. The molecule has 25 heavy (non-hydrogen) atoms. The van der Waals surface area contributed by atoms with Crippen LogP contribution in [-0.2, 0) is 10.2 Å². The van der Waals surface area contributed by atoms with Crippen molar-refractivity contribution in [2.75, 3.05) is 25.5 Å². The molecule has 0 aliphatic heterocycles. The Balaban J connectivity index is 1.81. The molecule has 5 nitrogen and oxygen atoms in total. The molecule has 0 radical (unpaired) electrons. The third-order valence-electron chi connectivity index (χ3n) is 3.63. The average Bonchev–Trinajstić information content (AvgIpc) is 3.10. The van der Waals surface area contributed by atoms with Crippen molar-refractivity contribution in [2.24, 2.45) is 4.99 Å². The van der Waals surface area contributed by atoms with Gasteiger partial charge in [0.15, 0.2) is 5.96 Å². The van der Waals surface area contributed by atoms with E-state index in [1.165, 1.54) is 17.0 Å². The topological polar surface area (TPSA) is 65.5 Å². The highest BCUT2D eigenvalue weighted by Gasteiger charge is 2.22. The van der Waals surface area contributed by atoms with Crippen molar-refractivity contribution in [3.05, 3.63) is 52.5 Å². The SMILES string of the molecule is CN=C(NCC(=O)Nc1cccc(F)c1)NCC(C)(C)c1cccs1. The third-order valence-corrected chi connectivity index (χ3v) is 4.87. The first kappa shape index (κ1) is 18.9. The number of aliphatic imine (C=N–C) groups is 1. The van der Waals surface area contributed by atoms with Crippen molar-refractivity contribution in [1.82, 2.24) is 10.6 Å². The van der Waals surface area contributed by atoms with Crippen molar-refractivity contribution in [3.63, 3.8) is 0 Å². The molecule has 0 saturated heterocycles. The molecule has 2 aromatic rings. The molecule has 1 aromatic heterocycles. The average molecular weight is 362 g/mol. The van der Waals surface area contributed by atoms with Crippen LogP contribution in [0.3, 0.4) is 0 Å². The van der Waals surface area contributed by atoms with Crippen molar-refractivity contribution in [3.8, 4) is 0 Å². The Hall–Kier alpha value is -2.41. The van der Waals surface area contributed by atoms with Crippen LogP contribution in [0.25, 0.3) is 0 Å². The molecular weight excluding hydrogens is 339 g/mol. The maximum Gasteiger partial charge on any atom is 0.243 e. The summed E-state index contributed by atoms with van der Waals surface area (Å²) < 4.78 is 13.1. The first-order chi connectivity index (χ1) is 11.9. The van der Waals surface area contributed by atoms with Gasteiger partial charge in [0, 0.05) is 29.6 Å². The molecule has 1 amide bonds. The number of carbonyl (C=O) groups excluding carboxylic acids is 1. The minimum Gasteiger partial charge on any atom is -0.356 e. The second-order valence-corrected chi connectivity index (χ2v) is 7.15. The van der Waals surface area contributed by atoms with Crippen LogP contribution in [0.4, 0.5) is 10.1 Å². The minimum absolute atomic E-state index is 0.0373. The Morgan fingerprint density at radius 2 is 2.04 bits per heavy atom. The molecular formula is C18H23FN4OS. The van der Waals surface area contributed by atoms with E-state index in [0.717, 1.165) is 0 Å². The number of amides is 1. The lowest BCUT2D eigenvalue weighted by Crippen LogP contribution is -2.45. The number of rotatable bonds is 6. The lowest BCUT2D eigenvalue weighted by Gasteiger charge is -2.25. The Bertz CT molecular complexity index is 728. The highest BCUT2D eigenvalue weighted by Crippen LogP contribution is 2.26. The summed E-state index contributed by atoms with van der Waals surface area (Å²) >= 11 is 1.71. The molecule has 0 bridgehead atoms. The van der Waals surface area contributed by atoms with Gasteiger partial charge in [-0.15, -0.1) is 11.3 Å². The van der Waals surface area contributed by atoms with Gasteiger partial charge < -0.3 is 16.0 Å². The van der Waals surface area contributed by atoms with E-state index < -0.39 is 0 Å². The van der Waals surface area contributed by atoms with Gasteiger partial charge in [-0.05, 0) is 29.6 Å². The summed E-state index contributed by atoms with van der Waals surface area (Å²) in [4.78, 5) is 17.4. The van der Waals surface area contributed by atoms with Crippen LogP contribution >= 0.6 is 11.3 Å². The van der Waals surface area contributed by atoms with Crippen LogP contribution in [0.2, 0.25) is 0 Å². The summed E-state index contributed by atoms with van der Waals surface area (Å²) in [6.07, 6.45) is 0. The summed E-state index contributed by atoms with van der Waals surface area (Å²) in [5, 5.41) is 10.9. The first-order valence-corrected chi connectivity index (χ1v) is 8.82. The fourth-order valence-corrected chi connectivity index (χ4v) is 3.06. The van der Waals surface area contributed by atoms with Gasteiger partial charge in [0.05, 0.1) is 6.54 Å². The van der Waals surface area contributed by atoms with Gasteiger partial charge in [-0.2, -0.15) is 0 Å². The predicted octanol–water partition coefficient (Wildman–Crippen LogP) is 2.97. The van der Waals surface area contributed by atoms with Gasteiger partial charge in [0.2, 0.25) is 5.91 Å². The van der Waals surface area contributed by atoms with E-state index >= 15 is 0 Å². The van der Waals surface area contributed by atoms with E-state index in [1.54, 1.807) is 30.5 Å². The Morgan fingerprint density at radius 1 is 1.24 bits per heavy atom. The van der Waals surface area contributed by atoms with Crippen molar-refractivity contribution in [2.45, 2.75) is 19.3 Å². The van der Waals surface area contributed by atoms with Gasteiger partial charge in [0.25, 0.3) is 0 Å². The summed E-state index contributed by atoms with van der Waals surface area (Å²) in [5.41, 5.74) is 0.379. The summed E-state index contributed by atoms with van der Waals surface area (Å²) in [6, 6.07) is 9.92. The van der Waals surface area contributed by atoms with Crippen LogP contribution in [0.15, 0.2) is 46.8 Å². The van der Waals surface area contributed by atoms with E-state index in [2.05, 4.69) is 46.2 Å². The lowest BCUT2D eigenvalue weighted by atomic mass is 9.91. The van der Waals surface area contributed by atoms with Crippen molar-refractivity contribution in [1.29, 1.82) is 0 Å². The molecule has 0 fully saturated rings. The zero-order valence-corrected chi connectivity index (χ0v) is 15.4. The number of benzene rings is 1. The van der Waals surface area contributed by atoms with E-state index in [-0.39, 0.29) is 23.7 Å². The highest BCUT2D eigenvalue weighted by molar-refractivity contribution is 7.10. The quantitative estimate of drug-likeness (QED) is 0.547. The molecule has 0 aliphatic rings. The van der Waals surface area contributed by atoms with Crippen molar-refractivity contribution >= 4 is 28.9 Å². The van der Waals surface area contributed by atoms with Gasteiger partial charge in [-0.25, -0.2) is 4.39 Å². The number of halogens is 1. The molecule has 0 unspecified atom stereocenters. The molecule has 1 heterocycles. The molecule has 1 aromatic carbocycles. The van der Waals surface area contributed by atoms with Crippen LogP contribution in [0.5, 0.6) is 0 Å². The Labute approximate surface area is 151 Å². The highest BCUT2D eigenvalue weighted by atomic mass is 32.1. The molecule has 7 heteroatoms. The molecule has 3 N–H and O–H groups in total. The normalized spacial score (nSPS) is 11.9. The zero-order valence-electron chi connectivity index (χ0n) is 14.6. The van der Waals surface area contributed by atoms with Crippen LogP contribution in [-0.4, -0.2) is 32.0 Å². The smallest absolute Gasteiger partial charge is 0.243 e. The number of hydrogen-bond acceptors (Lipinski definition) is 3. The number of thiophene rings is 1. The Morgan fingerprint density at radius 3 is 2.68 bits per heavy atom. The number of hydrogen-bond donors (Lipinski definition) is 3. The largest absolute Gasteiger partial charge is 0.356 e. The van der Waals surface area contributed by atoms with E-state index in [4.69, 9.17) is 0 Å². The number of guanidine groups is 1. The van der Waals surface area contributed by atoms with E-state index in [1.807, 2.05) is 6.07 Å². The standard InChI is InChI=1S/C18H23FN4OS/c1-18(2,15-8-5-9-25-15)12-22-17(20-3)21-11-16(24)23-14-7-4-6-13(19)10-14/h4-10H,11-12H2,1-3H3,(H,23,24)(H2,20,21,22). The Kier molecular flexibility index (Phi) is 6.52. The summed E-state index contributed by atoms with van der Waals surface area (Å²) in [6.45, 7) is 5.01. The monoisotopic (exact) mass is 362 g/mol. The zero-order chi connectivity index (χ0) is 18.3. The predicted molar refractivity (Wildman–Crippen MR) is 102 cm³/mol. The van der Waals surface area contributed by atoms with Gasteiger partial charge in [-0.1, -0.05) is 26.0 Å². The number of carbonyl (C=O) groups is 1. The van der Waals surface area contributed by atoms with Gasteiger partial charge in [0.1, 0.15) is 5.82 Å². The second kappa shape index (κ2) is 8.62. The maximum absolute atomic E-state index is 13.1. The lowest BCUT2D eigenvalue weighted by molar-refractivity contribution is -0.115. The summed E-state index contributed by atoms with van der Waals surface area (Å²) in [5.74, 6) is -0.121. The minimum atomic E-state index is -0.390. The molecule has 134 valence electrons. The molecule has 0 atom stereocenters. The summed E-state index contributed by atoms with van der Waals surface area (Å²) in [7, 11) is 1.65. The second-order valence-electron chi connectivity index (χ2n) is 6.20. The van der Waals surface area contributed by atoms with E-state index in [9.17, 15) is 9.18 Å². The molecule has 0 aliphatic carbocycles. The fraction of sp³-hybridized carbons (Fsp3) is 0.333. The molecule has 0 saturated carbocycles. The number of nitrogens with zero attached hydrogens (tertiary/aromatic N) is 1. The molecule has 2 rings (SSSR count). The van der Waals surface area contributed by atoms with Crippen LogP contribution in [0.1, 0.15) is 18.7 Å². The third kappa shape index (κ3) is 5.86. The van der Waals surface area contributed by atoms with Crippen LogP contribution < -0.4 is 16.0 Å². The van der Waals surface area contributed by atoms with Gasteiger partial charge >= 0.3 is 0 Å². The fourth-order valence-electron chi connectivity index (χ4n) is 2.21.